The molecule has 1 saturated heterocycles. The zero-order valence-corrected chi connectivity index (χ0v) is 6.53. The van der Waals surface area contributed by atoms with Crippen molar-refractivity contribution in [3.63, 3.8) is 0 Å². The molecule has 7 heavy (non-hydrogen) atoms. The van der Waals surface area contributed by atoms with Crippen LogP contribution < -0.4 is 0 Å². The second-order valence-corrected chi connectivity index (χ2v) is 6.69. The number of hydrogen-bond donors (Lipinski definition) is 0. The highest BCUT2D eigenvalue weighted by atomic mass is 32.3. The second kappa shape index (κ2) is 1.59. The molecule has 0 unspecified atom stereocenters. The molecule has 0 nitrogen and oxygen atoms in total. The lowest BCUT2D eigenvalue weighted by atomic mass is 10.5. The summed E-state index contributed by atoms with van der Waals surface area (Å²) < 4.78 is 1.37. The van der Waals surface area contributed by atoms with Crippen LogP contribution in [0.4, 0.5) is 0 Å². The molecule has 0 spiro atoms. The Labute approximate surface area is 53.4 Å². The third kappa shape index (κ3) is 1.29. The minimum Gasteiger partial charge on any atom is -0.131 e. The molecule has 0 saturated carbocycles. The fraction of sp³-hybridized carbons (Fsp3) is 1.00. The fourth-order valence-corrected chi connectivity index (χ4v) is 4.45. The molecule has 2 heteroatoms. The van der Waals surface area contributed by atoms with Gasteiger partial charge in [-0.25, -0.2) is 0 Å². The highest BCUT2D eigenvalue weighted by Crippen LogP contribution is 2.55. The Kier molecular flexibility index (Phi) is 1.32. The SMILES string of the molecule is CC1SC(C)(C)S1. The van der Waals surface area contributed by atoms with Crippen molar-refractivity contribution in [1.29, 1.82) is 0 Å². The van der Waals surface area contributed by atoms with E-state index in [4.69, 9.17) is 0 Å². The molecule has 0 aromatic heterocycles. The van der Waals surface area contributed by atoms with Crippen LogP contribution in [0.25, 0.3) is 0 Å². The van der Waals surface area contributed by atoms with Crippen molar-refractivity contribution in [1.82, 2.24) is 0 Å². The van der Waals surface area contributed by atoms with Gasteiger partial charge in [-0.05, 0) is 20.8 Å². The van der Waals surface area contributed by atoms with E-state index in [1.165, 1.54) is 0 Å². The van der Waals surface area contributed by atoms with Crippen LogP contribution in [0.5, 0.6) is 0 Å². The average molecular weight is 134 g/mol. The molecule has 1 aliphatic heterocycles. The van der Waals surface area contributed by atoms with Crippen molar-refractivity contribution in [3.8, 4) is 0 Å². The van der Waals surface area contributed by atoms with Gasteiger partial charge in [0.2, 0.25) is 0 Å². The van der Waals surface area contributed by atoms with Gasteiger partial charge in [0, 0.05) is 0 Å². The molecule has 0 aliphatic carbocycles. The van der Waals surface area contributed by atoms with Crippen molar-refractivity contribution in [2.45, 2.75) is 29.4 Å². The van der Waals surface area contributed by atoms with Crippen LogP contribution in [-0.2, 0) is 0 Å². The molecule has 0 aromatic carbocycles. The van der Waals surface area contributed by atoms with Crippen LogP contribution >= 0.6 is 23.5 Å². The van der Waals surface area contributed by atoms with Gasteiger partial charge in [0.05, 0.1) is 8.66 Å². The van der Waals surface area contributed by atoms with Gasteiger partial charge in [-0.15, -0.1) is 23.5 Å². The first kappa shape index (κ1) is 5.83. The zero-order chi connectivity index (χ0) is 5.49. The summed E-state index contributed by atoms with van der Waals surface area (Å²) in [6.45, 7) is 6.78. The highest BCUT2D eigenvalue weighted by Gasteiger charge is 2.34. The van der Waals surface area contributed by atoms with Gasteiger partial charge in [-0.1, -0.05) is 0 Å². The Morgan fingerprint density at radius 3 is 1.71 bits per heavy atom. The number of hydrogen-bond acceptors (Lipinski definition) is 2. The largest absolute Gasteiger partial charge is 0.131 e. The van der Waals surface area contributed by atoms with E-state index in [0.717, 1.165) is 4.58 Å². The maximum absolute atomic E-state index is 2.27. The molecule has 1 fully saturated rings. The Bertz CT molecular complexity index is 70.1. The van der Waals surface area contributed by atoms with Crippen LogP contribution in [0.15, 0.2) is 0 Å². The van der Waals surface area contributed by atoms with Gasteiger partial charge in [-0.2, -0.15) is 0 Å². The Morgan fingerprint density at radius 1 is 1.29 bits per heavy atom. The smallest absolute Gasteiger partial charge is 0.0577 e. The van der Waals surface area contributed by atoms with Gasteiger partial charge in [0.25, 0.3) is 0 Å². The van der Waals surface area contributed by atoms with Crippen molar-refractivity contribution in [3.05, 3.63) is 0 Å². The van der Waals surface area contributed by atoms with E-state index in [9.17, 15) is 0 Å². The molecule has 1 heterocycles. The molecule has 0 aromatic rings. The molecular formula is C5H10S2. The van der Waals surface area contributed by atoms with E-state index in [0.29, 0.717) is 4.08 Å². The average Bonchev–Trinajstić information content (AvgIpc) is 1.27. The van der Waals surface area contributed by atoms with Crippen LogP contribution in [0.1, 0.15) is 20.8 Å². The summed E-state index contributed by atoms with van der Waals surface area (Å²) in [5, 5.41) is 0. The van der Waals surface area contributed by atoms with Crippen molar-refractivity contribution >= 4 is 23.5 Å². The topological polar surface area (TPSA) is 0 Å². The van der Waals surface area contributed by atoms with Crippen molar-refractivity contribution in [2.24, 2.45) is 0 Å². The third-order valence-corrected chi connectivity index (χ3v) is 3.85. The van der Waals surface area contributed by atoms with Crippen molar-refractivity contribution in [2.75, 3.05) is 0 Å². The minimum atomic E-state index is 0.527. The zero-order valence-electron chi connectivity index (χ0n) is 4.89. The van der Waals surface area contributed by atoms with E-state index < -0.39 is 0 Å². The van der Waals surface area contributed by atoms with E-state index in [-0.39, 0.29) is 0 Å². The van der Waals surface area contributed by atoms with E-state index >= 15 is 0 Å². The van der Waals surface area contributed by atoms with Crippen LogP contribution in [0, 0.1) is 0 Å². The molecule has 42 valence electrons. The first-order valence-electron chi connectivity index (χ1n) is 2.46. The van der Waals surface area contributed by atoms with Gasteiger partial charge >= 0.3 is 0 Å². The molecule has 0 bridgehead atoms. The fourth-order valence-electron chi connectivity index (χ4n) is 0.808. The Hall–Kier alpha value is 0.700. The molecule has 0 amide bonds. The van der Waals surface area contributed by atoms with Gasteiger partial charge in [0.15, 0.2) is 0 Å². The van der Waals surface area contributed by atoms with Crippen molar-refractivity contribution < 1.29 is 0 Å². The molecule has 0 N–H and O–H groups in total. The molecule has 0 atom stereocenters. The summed E-state index contributed by atoms with van der Waals surface area (Å²) in [5.41, 5.74) is 0. The Morgan fingerprint density at radius 2 is 1.71 bits per heavy atom. The lowest BCUT2D eigenvalue weighted by Crippen LogP contribution is -2.24. The van der Waals surface area contributed by atoms with Gasteiger partial charge < -0.3 is 0 Å². The van der Waals surface area contributed by atoms with Crippen LogP contribution in [0.2, 0.25) is 0 Å². The van der Waals surface area contributed by atoms with Crippen LogP contribution in [0.3, 0.4) is 0 Å². The third-order valence-electron chi connectivity index (χ3n) is 0.900. The van der Waals surface area contributed by atoms with E-state index in [2.05, 4.69) is 20.8 Å². The first-order chi connectivity index (χ1) is 3.10. The number of thioether (sulfide) groups is 2. The summed E-state index contributed by atoms with van der Waals surface area (Å²) in [7, 11) is 0. The summed E-state index contributed by atoms with van der Waals surface area (Å²) in [5.74, 6) is 0. The maximum Gasteiger partial charge on any atom is 0.0577 e. The standard InChI is InChI=1S/C5H10S2/c1-4-6-5(2,3)7-4/h4H,1-3H3. The minimum absolute atomic E-state index is 0.527. The Balaban J connectivity index is 2.29. The molecule has 1 rings (SSSR count). The van der Waals surface area contributed by atoms with Gasteiger partial charge in [-0.3, -0.25) is 0 Å². The maximum atomic E-state index is 2.27. The van der Waals surface area contributed by atoms with Crippen LogP contribution in [-0.4, -0.2) is 8.66 Å². The monoisotopic (exact) mass is 134 g/mol. The predicted octanol–water partition coefficient (Wildman–Crippen LogP) is 2.55. The normalized spacial score (nSPS) is 29.6. The summed E-state index contributed by atoms with van der Waals surface area (Å²) in [6.07, 6.45) is 0. The molecule has 0 radical (unpaired) electrons. The highest BCUT2D eigenvalue weighted by molar-refractivity contribution is 8.34. The lowest BCUT2D eigenvalue weighted by Gasteiger charge is -2.38. The van der Waals surface area contributed by atoms with Gasteiger partial charge in [0.1, 0.15) is 0 Å². The van der Waals surface area contributed by atoms with E-state index in [1.54, 1.807) is 0 Å². The summed E-state index contributed by atoms with van der Waals surface area (Å²) >= 11 is 4.10. The first-order valence-corrected chi connectivity index (χ1v) is 4.22. The summed E-state index contributed by atoms with van der Waals surface area (Å²) in [6, 6.07) is 0. The molecule has 1 aliphatic rings. The summed E-state index contributed by atoms with van der Waals surface area (Å²) in [4.78, 5) is 0. The number of rotatable bonds is 0. The predicted molar refractivity (Wildman–Crippen MR) is 38.7 cm³/mol. The molecular weight excluding hydrogens is 124 g/mol. The second-order valence-electron chi connectivity index (χ2n) is 2.20. The quantitative estimate of drug-likeness (QED) is 0.499. The van der Waals surface area contributed by atoms with E-state index in [1.807, 2.05) is 23.5 Å². The lowest BCUT2D eigenvalue weighted by molar-refractivity contribution is 0.990.